The summed E-state index contributed by atoms with van der Waals surface area (Å²) in [7, 11) is 1.59. The van der Waals surface area contributed by atoms with Crippen LogP contribution in [0, 0.1) is 0 Å². The Morgan fingerprint density at radius 1 is 1.07 bits per heavy atom. The van der Waals surface area contributed by atoms with Gasteiger partial charge < -0.3 is 28.8 Å². The van der Waals surface area contributed by atoms with E-state index in [0.717, 1.165) is 12.0 Å². The summed E-state index contributed by atoms with van der Waals surface area (Å²) in [5.41, 5.74) is 1.74. The molecule has 1 aromatic carbocycles. The lowest BCUT2D eigenvalue weighted by atomic mass is 9.99. The summed E-state index contributed by atoms with van der Waals surface area (Å²) in [5.74, 6) is 1.32. The number of methoxy groups -OCH3 is 1. The van der Waals surface area contributed by atoms with Crippen molar-refractivity contribution in [3.63, 3.8) is 0 Å². The standard InChI is InChI=1S/C23H32O7/c1-4-19-20(16(2)28-15-13-25)21(23(26)29-14-7-5-6-12-24)22(30-19)17-8-10-18(27-3)11-9-17/h8-11,16,24-25H,4-7,12-15H2,1-3H3. The number of aliphatic hydroxyl groups excluding tert-OH is 2. The lowest BCUT2D eigenvalue weighted by molar-refractivity contribution is 0.0345. The number of benzene rings is 1. The number of carbonyl (C=O) groups excluding carboxylic acids is 1. The lowest BCUT2D eigenvalue weighted by Crippen LogP contribution is -2.13. The smallest absolute Gasteiger partial charge is 0.342 e. The lowest BCUT2D eigenvalue weighted by Gasteiger charge is -2.14. The number of hydrogen-bond acceptors (Lipinski definition) is 7. The third-order valence-corrected chi connectivity index (χ3v) is 4.80. The van der Waals surface area contributed by atoms with Crippen LogP contribution in [-0.2, 0) is 15.9 Å². The van der Waals surface area contributed by atoms with Crippen molar-refractivity contribution in [2.75, 3.05) is 33.5 Å². The second-order valence-corrected chi connectivity index (χ2v) is 6.88. The summed E-state index contributed by atoms with van der Waals surface area (Å²) >= 11 is 0. The molecule has 30 heavy (non-hydrogen) atoms. The van der Waals surface area contributed by atoms with Crippen molar-refractivity contribution in [2.24, 2.45) is 0 Å². The van der Waals surface area contributed by atoms with E-state index < -0.39 is 12.1 Å². The van der Waals surface area contributed by atoms with E-state index in [2.05, 4.69) is 0 Å². The Bertz CT molecular complexity index is 780. The van der Waals surface area contributed by atoms with E-state index >= 15 is 0 Å². The van der Waals surface area contributed by atoms with E-state index in [9.17, 15) is 4.79 Å². The Labute approximate surface area is 177 Å². The Hall–Kier alpha value is -2.35. The number of ether oxygens (including phenoxy) is 3. The van der Waals surface area contributed by atoms with Crippen LogP contribution in [0.2, 0.25) is 0 Å². The topological polar surface area (TPSA) is 98.4 Å². The van der Waals surface area contributed by atoms with Gasteiger partial charge in [0.05, 0.1) is 33.0 Å². The van der Waals surface area contributed by atoms with Gasteiger partial charge in [-0.1, -0.05) is 6.92 Å². The summed E-state index contributed by atoms with van der Waals surface area (Å²) in [6, 6.07) is 7.27. The molecular weight excluding hydrogens is 388 g/mol. The molecule has 7 heteroatoms. The third kappa shape index (κ3) is 6.08. The maximum absolute atomic E-state index is 13.1. The number of aliphatic hydroxyl groups is 2. The zero-order chi connectivity index (χ0) is 21.9. The quantitative estimate of drug-likeness (QED) is 0.374. The molecule has 7 nitrogen and oxygen atoms in total. The van der Waals surface area contributed by atoms with Crippen LogP contribution in [0.15, 0.2) is 28.7 Å². The van der Waals surface area contributed by atoms with Crippen molar-refractivity contribution >= 4 is 5.97 Å². The highest BCUT2D eigenvalue weighted by atomic mass is 16.5. The van der Waals surface area contributed by atoms with E-state index in [1.54, 1.807) is 19.2 Å². The number of rotatable bonds is 13. The fourth-order valence-electron chi connectivity index (χ4n) is 3.27. The monoisotopic (exact) mass is 420 g/mol. The number of unbranched alkanes of at least 4 members (excludes halogenated alkanes) is 2. The van der Waals surface area contributed by atoms with Gasteiger partial charge in [-0.2, -0.15) is 0 Å². The molecule has 0 aliphatic rings. The maximum atomic E-state index is 13.1. The van der Waals surface area contributed by atoms with E-state index in [0.29, 0.717) is 47.7 Å². The molecule has 0 aliphatic heterocycles. The molecule has 0 amide bonds. The summed E-state index contributed by atoms with van der Waals surface area (Å²) in [6.07, 6.45) is 2.27. The van der Waals surface area contributed by atoms with Gasteiger partial charge in [0.1, 0.15) is 22.8 Å². The molecule has 0 radical (unpaired) electrons. The van der Waals surface area contributed by atoms with Crippen molar-refractivity contribution in [1.29, 1.82) is 0 Å². The second kappa shape index (κ2) is 12.4. The van der Waals surface area contributed by atoms with Gasteiger partial charge in [0.25, 0.3) is 0 Å². The van der Waals surface area contributed by atoms with Gasteiger partial charge in [-0.05, 0) is 50.5 Å². The molecule has 1 aromatic heterocycles. The van der Waals surface area contributed by atoms with Crippen molar-refractivity contribution in [3.05, 3.63) is 41.2 Å². The molecule has 2 N–H and O–H groups in total. The highest BCUT2D eigenvalue weighted by Crippen LogP contribution is 2.37. The Balaban J connectivity index is 2.41. The molecule has 0 saturated carbocycles. The van der Waals surface area contributed by atoms with Crippen LogP contribution in [0.1, 0.15) is 60.9 Å². The predicted molar refractivity (Wildman–Crippen MR) is 113 cm³/mol. The van der Waals surface area contributed by atoms with Crippen molar-refractivity contribution in [1.82, 2.24) is 0 Å². The molecule has 0 saturated heterocycles. The second-order valence-electron chi connectivity index (χ2n) is 6.88. The Morgan fingerprint density at radius 3 is 2.40 bits per heavy atom. The number of furan rings is 1. The van der Waals surface area contributed by atoms with Gasteiger partial charge in [0.15, 0.2) is 0 Å². The maximum Gasteiger partial charge on any atom is 0.342 e. The summed E-state index contributed by atoms with van der Waals surface area (Å²) in [4.78, 5) is 13.1. The molecule has 1 heterocycles. The first kappa shape index (κ1) is 23.9. The van der Waals surface area contributed by atoms with Crippen LogP contribution in [0.25, 0.3) is 11.3 Å². The van der Waals surface area contributed by atoms with Gasteiger partial charge in [-0.15, -0.1) is 0 Å². The minimum absolute atomic E-state index is 0.111. The van der Waals surface area contributed by atoms with Crippen molar-refractivity contribution in [2.45, 2.75) is 45.6 Å². The highest BCUT2D eigenvalue weighted by Gasteiger charge is 2.30. The van der Waals surface area contributed by atoms with Crippen LogP contribution in [-0.4, -0.2) is 49.7 Å². The first-order chi connectivity index (χ1) is 14.6. The minimum atomic E-state index is -0.470. The summed E-state index contributed by atoms with van der Waals surface area (Å²) in [6.45, 7) is 4.21. The zero-order valence-electron chi connectivity index (χ0n) is 18.0. The normalized spacial score (nSPS) is 12.0. The minimum Gasteiger partial charge on any atom is -0.497 e. The van der Waals surface area contributed by atoms with E-state index in [1.165, 1.54) is 0 Å². The van der Waals surface area contributed by atoms with Crippen LogP contribution < -0.4 is 4.74 Å². The highest BCUT2D eigenvalue weighted by molar-refractivity contribution is 5.98. The largest absolute Gasteiger partial charge is 0.497 e. The molecule has 0 aliphatic carbocycles. The number of carbonyl (C=O) groups is 1. The molecule has 2 aromatic rings. The summed E-state index contributed by atoms with van der Waals surface area (Å²) < 4.78 is 22.5. The first-order valence-electron chi connectivity index (χ1n) is 10.4. The number of aryl methyl sites for hydroxylation is 1. The fourth-order valence-corrected chi connectivity index (χ4v) is 3.27. The Morgan fingerprint density at radius 2 is 1.80 bits per heavy atom. The molecule has 1 atom stereocenters. The average Bonchev–Trinajstić information content (AvgIpc) is 3.17. The van der Waals surface area contributed by atoms with Crippen LogP contribution in [0.4, 0.5) is 0 Å². The van der Waals surface area contributed by atoms with Gasteiger partial charge in [-0.25, -0.2) is 4.79 Å². The first-order valence-corrected chi connectivity index (χ1v) is 10.4. The predicted octanol–water partition coefficient (Wildman–Crippen LogP) is 3.91. The number of hydrogen-bond donors (Lipinski definition) is 2. The van der Waals surface area contributed by atoms with Crippen LogP contribution in [0.3, 0.4) is 0 Å². The van der Waals surface area contributed by atoms with Crippen LogP contribution >= 0.6 is 0 Å². The van der Waals surface area contributed by atoms with E-state index in [4.69, 9.17) is 28.8 Å². The molecule has 0 spiro atoms. The van der Waals surface area contributed by atoms with Crippen molar-refractivity contribution < 1.29 is 33.6 Å². The average molecular weight is 421 g/mol. The van der Waals surface area contributed by atoms with Gasteiger partial charge >= 0.3 is 5.97 Å². The summed E-state index contributed by atoms with van der Waals surface area (Å²) in [5, 5.41) is 18.0. The zero-order valence-corrected chi connectivity index (χ0v) is 18.0. The van der Waals surface area contributed by atoms with Gasteiger partial charge in [0, 0.05) is 24.2 Å². The van der Waals surface area contributed by atoms with Gasteiger partial charge in [0.2, 0.25) is 0 Å². The van der Waals surface area contributed by atoms with Crippen LogP contribution in [0.5, 0.6) is 5.75 Å². The molecule has 0 bridgehead atoms. The number of esters is 1. The van der Waals surface area contributed by atoms with E-state index in [1.807, 2.05) is 26.0 Å². The van der Waals surface area contributed by atoms with Crippen molar-refractivity contribution in [3.8, 4) is 17.1 Å². The fraction of sp³-hybridized carbons (Fsp3) is 0.522. The Kier molecular flexibility index (Phi) is 9.86. The van der Waals surface area contributed by atoms with Gasteiger partial charge in [-0.3, -0.25) is 0 Å². The molecule has 1 unspecified atom stereocenters. The molecule has 166 valence electrons. The van der Waals surface area contributed by atoms with E-state index in [-0.39, 0.29) is 26.4 Å². The third-order valence-electron chi connectivity index (χ3n) is 4.80. The molecule has 0 fully saturated rings. The molecular formula is C23H32O7. The molecule has 2 rings (SSSR count). The SMILES string of the molecule is CCc1oc(-c2ccc(OC)cc2)c(C(=O)OCCCCCO)c1C(C)OCCO.